The van der Waals surface area contributed by atoms with Crippen molar-refractivity contribution in [2.45, 2.75) is 37.2 Å². The molecule has 6 heteroatoms. The zero-order valence-electron chi connectivity index (χ0n) is 12.0. The minimum atomic E-state index is -3.49. The second-order valence-corrected chi connectivity index (χ2v) is 6.79. The van der Waals surface area contributed by atoms with Crippen LogP contribution in [0.4, 0.5) is 0 Å². The minimum Gasteiger partial charge on any atom is -0.380 e. The Morgan fingerprint density at radius 1 is 1.40 bits per heavy atom. The van der Waals surface area contributed by atoms with Gasteiger partial charge in [-0.1, -0.05) is 12.1 Å². The van der Waals surface area contributed by atoms with Gasteiger partial charge in [0, 0.05) is 19.2 Å². The molecule has 1 aliphatic rings. The van der Waals surface area contributed by atoms with Crippen LogP contribution in [-0.4, -0.2) is 34.7 Å². The van der Waals surface area contributed by atoms with E-state index in [2.05, 4.69) is 10.0 Å². The third kappa shape index (κ3) is 3.58. The van der Waals surface area contributed by atoms with E-state index >= 15 is 0 Å². The van der Waals surface area contributed by atoms with Crippen molar-refractivity contribution in [2.75, 3.05) is 20.3 Å². The number of ether oxygens (including phenoxy) is 1. The lowest BCUT2D eigenvalue weighted by atomic mass is 10.1. The molecule has 1 aliphatic heterocycles. The quantitative estimate of drug-likeness (QED) is 0.856. The van der Waals surface area contributed by atoms with Crippen LogP contribution in [0.15, 0.2) is 23.1 Å². The van der Waals surface area contributed by atoms with Crippen molar-refractivity contribution in [3.05, 3.63) is 29.3 Å². The van der Waals surface area contributed by atoms with Crippen molar-refractivity contribution in [1.29, 1.82) is 0 Å². The van der Waals surface area contributed by atoms with Crippen LogP contribution >= 0.6 is 0 Å². The Morgan fingerprint density at radius 3 is 2.85 bits per heavy atom. The van der Waals surface area contributed by atoms with Crippen molar-refractivity contribution in [3.8, 4) is 0 Å². The van der Waals surface area contributed by atoms with Gasteiger partial charge < -0.3 is 10.1 Å². The molecule has 5 nitrogen and oxygen atoms in total. The minimum absolute atomic E-state index is 0.124. The maximum Gasteiger partial charge on any atom is 0.241 e. The molecule has 0 aromatic heterocycles. The van der Waals surface area contributed by atoms with Crippen LogP contribution in [0.5, 0.6) is 0 Å². The van der Waals surface area contributed by atoms with E-state index in [1.54, 1.807) is 12.1 Å². The molecule has 0 radical (unpaired) electrons. The summed E-state index contributed by atoms with van der Waals surface area (Å²) in [6, 6.07) is 5.25. The van der Waals surface area contributed by atoms with Crippen molar-refractivity contribution < 1.29 is 13.2 Å². The fourth-order valence-corrected chi connectivity index (χ4v) is 3.99. The summed E-state index contributed by atoms with van der Waals surface area (Å²) in [6.45, 7) is 3.67. The van der Waals surface area contributed by atoms with E-state index in [0.717, 1.165) is 30.6 Å². The molecule has 0 aliphatic carbocycles. The summed E-state index contributed by atoms with van der Waals surface area (Å²) >= 11 is 0. The van der Waals surface area contributed by atoms with Gasteiger partial charge in [-0.15, -0.1) is 0 Å². The third-order valence-corrected chi connectivity index (χ3v) is 5.20. The highest BCUT2D eigenvalue weighted by molar-refractivity contribution is 7.89. The van der Waals surface area contributed by atoms with Gasteiger partial charge in [0.15, 0.2) is 0 Å². The number of hydrogen-bond acceptors (Lipinski definition) is 4. The smallest absolute Gasteiger partial charge is 0.241 e. The van der Waals surface area contributed by atoms with Crippen LogP contribution < -0.4 is 10.0 Å². The molecule has 0 amide bonds. The molecule has 112 valence electrons. The highest BCUT2D eigenvalue weighted by Gasteiger charge is 2.24. The SMILES string of the molecule is CNCc1cccc(S(=O)(=O)NC2CCCOC2)c1C. The summed E-state index contributed by atoms with van der Waals surface area (Å²) in [5, 5.41) is 3.05. The van der Waals surface area contributed by atoms with Crippen LogP contribution in [0.25, 0.3) is 0 Å². The lowest BCUT2D eigenvalue weighted by molar-refractivity contribution is 0.0774. The van der Waals surface area contributed by atoms with Crippen LogP contribution in [-0.2, 0) is 21.3 Å². The molecule has 2 N–H and O–H groups in total. The first-order chi connectivity index (χ1) is 9.54. The fourth-order valence-electron chi connectivity index (χ4n) is 2.45. The van der Waals surface area contributed by atoms with Gasteiger partial charge in [0.25, 0.3) is 0 Å². The summed E-state index contributed by atoms with van der Waals surface area (Å²) in [7, 11) is -1.64. The van der Waals surface area contributed by atoms with Gasteiger partial charge in [-0.2, -0.15) is 0 Å². The molecule has 1 atom stereocenters. The monoisotopic (exact) mass is 298 g/mol. The maximum atomic E-state index is 12.5. The second-order valence-electron chi connectivity index (χ2n) is 5.11. The lowest BCUT2D eigenvalue weighted by Gasteiger charge is -2.23. The molecular weight excluding hydrogens is 276 g/mol. The van der Waals surface area contributed by atoms with Crippen LogP contribution in [0.1, 0.15) is 24.0 Å². The first-order valence-electron chi connectivity index (χ1n) is 6.88. The molecule has 0 bridgehead atoms. The van der Waals surface area contributed by atoms with E-state index in [0.29, 0.717) is 18.0 Å². The summed E-state index contributed by atoms with van der Waals surface area (Å²) < 4.78 is 33.0. The molecule has 1 saturated heterocycles. The van der Waals surface area contributed by atoms with E-state index in [4.69, 9.17) is 4.74 Å². The van der Waals surface area contributed by atoms with Gasteiger partial charge in [-0.05, 0) is 44.0 Å². The molecule has 1 aromatic rings. The molecule has 1 heterocycles. The molecule has 1 unspecified atom stereocenters. The normalized spacial score (nSPS) is 20.0. The van der Waals surface area contributed by atoms with E-state index in [-0.39, 0.29) is 6.04 Å². The van der Waals surface area contributed by atoms with Gasteiger partial charge in [-0.25, -0.2) is 13.1 Å². The van der Waals surface area contributed by atoms with Crippen LogP contribution in [0, 0.1) is 6.92 Å². The maximum absolute atomic E-state index is 12.5. The number of rotatable bonds is 5. The van der Waals surface area contributed by atoms with Crippen LogP contribution in [0.3, 0.4) is 0 Å². The lowest BCUT2D eigenvalue weighted by Crippen LogP contribution is -2.40. The first kappa shape index (κ1) is 15.4. The average molecular weight is 298 g/mol. The Balaban J connectivity index is 2.22. The van der Waals surface area contributed by atoms with Crippen molar-refractivity contribution in [1.82, 2.24) is 10.0 Å². The van der Waals surface area contributed by atoms with Gasteiger partial charge in [0.2, 0.25) is 10.0 Å². The van der Waals surface area contributed by atoms with E-state index < -0.39 is 10.0 Å². The number of benzene rings is 1. The fraction of sp³-hybridized carbons (Fsp3) is 0.571. The summed E-state index contributed by atoms with van der Waals surface area (Å²) in [6.07, 6.45) is 1.72. The first-order valence-corrected chi connectivity index (χ1v) is 8.36. The topological polar surface area (TPSA) is 67.4 Å². The predicted octanol–water partition coefficient (Wildman–Crippen LogP) is 1.17. The van der Waals surface area contributed by atoms with Gasteiger partial charge >= 0.3 is 0 Å². The molecule has 1 aromatic carbocycles. The predicted molar refractivity (Wildman–Crippen MR) is 78.1 cm³/mol. The van der Waals surface area contributed by atoms with E-state index in [1.165, 1.54) is 0 Å². The molecule has 2 rings (SSSR count). The van der Waals surface area contributed by atoms with Crippen LogP contribution in [0.2, 0.25) is 0 Å². The van der Waals surface area contributed by atoms with Crippen molar-refractivity contribution in [3.63, 3.8) is 0 Å². The second kappa shape index (κ2) is 6.67. The van der Waals surface area contributed by atoms with Crippen molar-refractivity contribution in [2.24, 2.45) is 0 Å². The molecule has 0 spiro atoms. The Bertz CT molecular complexity index is 552. The summed E-state index contributed by atoms with van der Waals surface area (Å²) in [5.74, 6) is 0. The number of hydrogen-bond donors (Lipinski definition) is 2. The molecule has 0 saturated carbocycles. The summed E-state index contributed by atoms with van der Waals surface area (Å²) in [4.78, 5) is 0.357. The average Bonchev–Trinajstić information content (AvgIpc) is 2.42. The van der Waals surface area contributed by atoms with E-state index in [9.17, 15) is 8.42 Å². The zero-order chi connectivity index (χ0) is 14.6. The van der Waals surface area contributed by atoms with Gasteiger partial charge in [0.1, 0.15) is 0 Å². The Hall–Kier alpha value is -0.950. The highest BCUT2D eigenvalue weighted by Crippen LogP contribution is 2.20. The zero-order valence-corrected chi connectivity index (χ0v) is 12.8. The highest BCUT2D eigenvalue weighted by atomic mass is 32.2. The van der Waals surface area contributed by atoms with Crippen molar-refractivity contribution >= 4 is 10.0 Å². The van der Waals surface area contributed by atoms with Gasteiger partial charge in [-0.3, -0.25) is 0 Å². The molecule has 20 heavy (non-hydrogen) atoms. The largest absolute Gasteiger partial charge is 0.380 e. The Labute approximate surface area is 120 Å². The number of sulfonamides is 1. The Morgan fingerprint density at radius 2 is 2.20 bits per heavy atom. The number of nitrogens with one attached hydrogen (secondary N) is 2. The van der Waals surface area contributed by atoms with E-state index in [1.807, 2.05) is 20.0 Å². The van der Waals surface area contributed by atoms with Gasteiger partial charge in [0.05, 0.1) is 11.5 Å². The summed E-state index contributed by atoms with van der Waals surface area (Å²) in [5.41, 5.74) is 1.79. The Kier molecular flexibility index (Phi) is 5.15. The standard InChI is InChI=1S/C14H22N2O3S/c1-11-12(9-15-2)5-3-7-14(11)20(17,18)16-13-6-4-8-19-10-13/h3,5,7,13,15-16H,4,6,8-10H2,1-2H3. The molecule has 1 fully saturated rings. The third-order valence-electron chi connectivity index (χ3n) is 3.54. The molecular formula is C14H22N2O3S.